The Bertz CT molecular complexity index is 782. The van der Waals surface area contributed by atoms with Gasteiger partial charge in [0.15, 0.2) is 0 Å². The smallest absolute Gasteiger partial charge is 0.0619 e. The minimum absolute atomic E-state index is 0. The average Bonchev–Trinajstić information content (AvgIpc) is 2.91. The van der Waals surface area contributed by atoms with E-state index in [4.69, 9.17) is 0 Å². The molecule has 0 fully saturated rings. The molecule has 3 aromatic rings. The van der Waals surface area contributed by atoms with Crippen LogP contribution in [0.4, 0.5) is 0 Å². The highest BCUT2D eigenvalue weighted by Gasteiger charge is 2.35. The fourth-order valence-corrected chi connectivity index (χ4v) is 7.03. The van der Waals surface area contributed by atoms with Crippen molar-refractivity contribution in [1.29, 1.82) is 0 Å². The standard InChI is InChI=1S/C33H45P.H2O/c1-2-3-4-5-6-7-8-9-10-11-12-22-29-34-33(30-23-16-13-17-24-30,31-25-18-14-19-26-31)32-27-20-15-21-28-32;/h13-21,23-28,34H,2-12,22,29H2,1H3;1H2. The van der Waals surface area contributed by atoms with Gasteiger partial charge in [-0.25, -0.2) is 0 Å². The van der Waals surface area contributed by atoms with E-state index in [9.17, 15) is 0 Å². The highest BCUT2D eigenvalue weighted by molar-refractivity contribution is 7.40. The lowest BCUT2D eigenvalue weighted by molar-refractivity contribution is 0.548. The van der Waals surface area contributed by atoms with Gasteiger partial charge in [0, 0.05) is 0 Å². The fourth-order valence-electron chi connectivity index (χ4n) is 5.11. The van der Waals surface area contributed by atoms with Crippen molar-refractivity contribution < 1.29 is 5.48 Å². The zero-order valence-electron chi connectivity index (χ0n) is 21.9. The van der Waals surface area contributed by atoms with Crippen LogP contribution in [0.15, 0.2) is 91.0 Å². The average molecular weight is 491 g/mol. The van der Waals surface area contributed by atoms with E-state index in [1.54, 1.807) is 0 Å². The maximum Gasteiger partial charge on any atom is 0.0619 e. The Balaban J connectivity index is 0.00000432. The van der Waals surface area contributed by atoms with E-state index in [-0.39, 0.29) is 10.6 Å². The topological polar surface area (TPSA) is 31.5 Å². The molecule has 0 amide bonds. The summed E-state index contributed by atoms with van der Waals surface area (Å²) in [5, 5.41) is -0.0540. The Morgan fingerprint density at radius 2 is 0.771 bits per heavy atom. The maximum absolute atomic E-state index is 2.33. The molecule has 1 unspecified atom stereocenters. The molecule has 1 nitrogen and oxygen atoms in total. The van der Waals surface area contributed by atoms with E-state index in [0.717, 1.165) is 8.58 Å². The van der Waals surface area contributed by atoms with Gasteiger partial charge in [-0.3, -0.25) is 0 Å². The van der Waals surface area contributed by atoms with E-state index in [1.165, 1.54) is 99.9 Å². The van der Waals surface area contributed by atoms with Crippen LogP contribution < -0.4 is 0 Å². The summed E-state index contributed by atoms with van der Waals surface area (Å²) in [5.41, 5.74) is 4.26. The minimum atomic E-state index is -0.0540. The van der Waals surface area contributed by atoms with Gasteiger partial charge in [0.1, 0.15) is 0 Å². The van der Waals surface area contributed by atoms with Gasteiger partial charge in [0.25, 0.3) is 0 Å². The van der Waals surface area contributed by atoms with Crippen LogP contribution in [0, 0.1) is 0 Å². The van der Waals surface area contributed by atoms with Gasteiger partial charge in [-0.2, -0.15) is 0 Å². The van der Waals surface area contributed by atoms with E-state index < -0.39 is 0 Å². The van der Waals surface area contributed by atoms with Gasteiger partial charge in [0.2, 0.25) is 0 Å². The normalized spacial score (nSPS) is 11.6. The Labute approximate surface area is 216 Å². The van der Waals surface area contributed by atoms with Gasteiger partial charge in [-0.15, -0.1) is 8.58 Å². The van der Waals surface area contributed by atoms with Crippen LogP contribution >= 0.6 is 8.58 Å². The summed E-state index contributed by atoms with van der Waals surface area (Å²) >= 11 is 0. The van der Waals surface area contributed by atoms with Gasteiger partial charge < -0.3 is 5.48 Å². The zero-order chi connectivity index (χ0) is 23.7. The molecular weight excluding hydrogens is 443 g/mol. The third kappa shape index (κ3) is 9.21. The minimum Gasteiger partial charge on any atom is -0.412 e. The van der Waals surface area contributed by atoms with Crippen molar-refractivity contribution in [3.63, 3.8) is 0 Å². The summed E-state index contributed by atoms with van der Waals surface area (Å²) in [6.07, 6.45) is 18.2. The molecule has 0 saturated carbocycles. The quantitative estimate of drug-likeness (QED) is 0.102. The van der Waals surface area contributed by atoms with E-state index in [0.29, 0.717) is 0 Å². The van der Waals surface area contributed by atoms with Crippen molar-refractivity contribution in [3.8, 4) is 0 Å². The largest absolute Gasteiger partial charge is 0.412 e. The summed E-state index contributed by atoms with van der Waals surface area (Å²) in [6, 6.07) is 33.6. The van der Waals surface area contributed by atoms with Crippen LogP contribution in [0.2, 0.25) is 0 Å². The second-order valence-corrected chi connectivity index (χ2v) is 11.3. The summed E-state index contributed by atoms with van der Waals surface area (Å²) in [4.78, 5) is 0. The molecule has 2 heteroatoms. The van der Waals surface area contributed by atoms with Crippen LogP contribution in [0.5, 0.6) is 0 Å². The van der Waals surface area contributed by atoms with Crippen LogP contribution in [0.1, 0.15) is 101 Å². The second-order valence-electron chi connectivity index (χ2n) is 9.66. The van der Waals surface area contributed by atoms with Gasteiger partial charge in [-0.1, -0.05) is 169 Å². The van der Waals surface area contributed by atoms with Crippen LogP contribution in [0.25, 0.3) is 0 Å². The number of hydrogen-bond acceptors (Lipinski definition) is 0. The van der Waals surface area contributed by atoms with Gasteiger partial charge >= 0.3 is 0 Å². The maximum atomic E-state index is 2.33. The first kappa shape index (κ1) is 29.3. The molecule has 0 saturated heterocycles. The lowest BCUT2D eigenvalue weighted by atomic mass is 9.84. The summed E-state index contributed by atoms with van der Waals surface area (Å²) < 4.78 is 0. The summed E-state index contributed by atoms with van der Waals surface area (Å²) in [6.45, 7) is 2.30. The summed E-state index contributed by atoms with van der Waals surface area (Å²) in [5.74, 6) is 0. The molecule has 3 aromatic carbocycles. The predicted molar refractivity (Wildman–Crippen MR) is 157 cm³/mol. The lowest BCUT2D eigenvalue weighted by Crippen LogP contribution is -2.24. The highest BCUT2D eigenvalue weighted by atomic mass is 31.1. The van der Waals surface area contributed by atoms with Crippen molar-refractivity contribution >= 4 is 8.58 Å². The van der Waals surface area contributed by atoms with Crippen molar-refractivity contribution in [2.45, 2.75) is 89.1 Å². The first-order chi connectivity index (χ1) is 16.9. The van der Waals surface area contributed by atoms with Crippen molar-refractivity contribution in [3.05, 3.63) is 108 Å². The molecule has 3 rings (SSSR count). The number of benzene rings is 3. The molecule has 0 bridgehead atoms. The zero-order valence-corrected chi connectivity index (χ0v) is 22.9. The van der Waals surface area contributed by atoms with E-state index in [2.05, 4.69) is 97.9 Å². The first-order valence-corrected chi connectivity index (χ1v) is 15.0. The van der Waals surface area contributed by atoms with Gasteiger partial charge in [0.05, 0.1) is 5.16 Å². The molecule has 1 atom stereocenters. The number of hydrogen-bond donors (Lipinski definition) is 0. The van der Waals surface area contributed by atoms with E-state index in [1.807, 2.05) is 0 Å². The Kier molecular flexibility index (Phi) is 14.6. The van der Waals surface area contributed by atoms with Crippen molar-refractivity contribution in [2.75, 3.05) is 6.16 Å². The van der Waals surface area contributed by atoms with Gasteiger partial charge in [-0.05, 0) is 29.3 Å². The molecule has 0 radical (unpaired) electrons. The fraction of sp³-hybridized carbons (Fsp3) is 0.455. The van der Waals surface area contributed by atoms with Crippen molar-refractivity contribution in [2.24, 2.45) is 0 Å². The Morgan fingerprint density at radius 1 is 0.457 bits per heavy atom. The SMILES string of the molecule is CCCCCCCCCCCCCCPC(c1ccccc1)(c1ccccc1)c1ccccc1.O. The Morgan fingerprint density at radius 3 is 1.11 bits per heavy atom. The lowest BCUT2D eigenvalue weighted by Gasteiger charge is -2.36. The third-order valence-corrected chi connectivity index (χ3v) is 9.04. The van der Waals surface area contributed by atoms with E-state index >= 15 is 0 Å². The molecule has 0 aliphatic heterocycles. The first-order valence-electron chi connectivity index (χ1n) is 13.8. The van der Waals surface area contributed by atoms with Crippen LogP contribution in [0.3, 0.4) is 0 Å². The number of unbranched alkanes of at least 4 members (excludes halogenated alkanes) is 11. The molecule has 2 N–H and O–H groups in total. The molecule has 0 aromatic heterocycles. The molecule has 0 aliphatic carbocycles. The highest BCUT2D eigenvalue weighted by Crippen LogP contribution is 2.52. The third-order valence-electron chi connectivity index (χ3n) is 7.04. The number of rotatable bonds is 17. The van der Waals surface area contributed by atoms with Crippen LogP contribution in [-0.4, -0.2) is 11.6 Å². The second kappa shape index (κ2) is 17.5. The molecule has 0 aliphatic rings. The molecule has 0 spiro atoms. The van der Waals surface area contributed by atoms with Crippen molar-refractivity contribution in [1.82, 2.24) is 0 Å². The molecule has 190 valence electrons. The molecular formula is C33H47OP. The monoisotopic (exact) mass is 490 g/mol. The Hall–Kier alpha value is -1.95. The molecule has 0 heterocycles. The molecule has 35 heavy (non-hydrogen) atoms. The summed E-state index contributed by atoms with van der Waals surface area (Å²) in [7, 11) is 0.838. The van der Waals surface area contributed by atoms with Crippen LogP contribution in [-0.2, 0) is 5.16 Å². The predicted octanol–water partition coefficient (Wildman–Crippen LogP) is 9.53.